The molecule has 1 heterocycles. The van der Waals surface area contributed by atoms with Crippen molar-refractivity contribution in [2.45, 2.75) is 52.4 Å². The molecule has 0 aliphatic carbocycles. The highest BCUT2D eigenvalue weighted by molar-refractivity contribution is 6.56. The molecule has 0 unspecified atom stereocenters. The van der Waals surface area contributed by atoms with E-state index in [1.807, 2.05) is 64.1 Å². The predicted molar refractivity (Wildman–Crippen MR) is 130 cm³/mol. The number of hydrogen-bond acceptors (Lipinski definition) is 6. The average Bonchev–Trinajstić information content (AvgIpc) is 2.98. The Labute approximate surface area is 195 Å². The molecule has 0 bridgehead atoms. The van der Waals surface area contributed by atoms with E-state index < -0.39 is 24.4 Å². The number of benzene rings is 2. The first-order valence-corrected chi connectivity index (χ1v) is 10.9. The van der Waals surface area contributed by atoms with Crippen LogP contribution in [0, 0.1) is 0 Å². The van der Waals surface area contributed by atoms with Gasteiger partial charge in [-0.25, -0.2) is 4.79 Å². The topological polar surface area (TPSA) is 99.9 Å². The SMILES string of the molecule is CC(=O)c1cc(C=C(CNC(=O)OCc2ccccc2)B2OC(C)(C)C(C)(C)O2)ccc1N. The van der Waals surface area contributed by atoms with Gasteiger partial charge in [0.05, 0.1) is 11.2 Å². The molecule has 3 N–H and O–H groups in total. The first kappa shape index (κ1) is 24.5. The molecule has 2 aromatic carbocycles. The lowest BCUT2D eigenvalue weighted by Crippen LogP contribution is -2.41. The summed E-state index contributed by atoms with van der Waals surface area (Å²) in [5.74, 6) is -0.123. The van der Waals surface area contributed by atoms with Gasteiger partial charge in [-0.2, -0.15) is 0 Å². The standard InChI is InChI=1S/C25H31BN2O5/c1-17(29)21-14-19(11-12-22(21)27)13-20(26-32-24(2,3)25(4,5)33-26)15-28-23(30)31-16-18-9-7-6-8-10-18/h6-14H,15-16,27H2,1-5H3,(H,28,30). The highest BCUT2D eigenvalue weighted by Crippen LogP contribution is 2.38. The summed E-state index contributed by atoms with van der Waals surface area (Å²) in [6.07, 6.45) is 1.29. The molecular formula is C25H31BN2O5. The van der Waals surface area contributed by atoms with Gasteiger partial charge in [-0.1, -0.05) is 42.5 Å². The van der Waals surface area contributed by atoms with Crippen LogP contribution in [0.1, 0.15) is 56.1 Å². The summed E-state index contributed by atoms with van der Waals surface area (Å²) < 4.78 is 17.7. The van der Waals surface area contributed by atoms with Crippen LogP contribution in [0.5, 0.6) is 0 Å². The summed E-state index contributed by atoms with van der Waals surface area (Å²) in [6, 6.07) is 14.7. The maximum Gasteiger partial charge on any atom is 0.492 e. The molecule has 1 fully saturated rings. The van der Waals surface area contributed by atoms with E-state index in [2.05, 4.69) is 5.32 Å². The lowest BCUT2D eigenvalue weighted by Gasteiger charge is -2.32. The molecule has 1 amide bonds. The molecule has 7 nitrogen and oxygen atoms in total. The molecular weight excluding hydrogens is 419 g/mol. The van der Waals surface area contributed by atoms with Gasteiger partial charge in [0.1, 0.15) is 6.61 Å². The molecule has 2 aromatic rings. The van der Waals surface area contributed by atoms with E-state index in [4.69, 9.17) is 19.8 Å². The molecule has 1 aliphatic heterocycles. The molecule has 33 heavy (non-hydrogen) atoms. The molecule has 0 aromatic heterocycles. The lowest BCUT2D eigenvalue weighted by atomic mass is 9.77. The van der Waals surface area contributed by atoms with Crippen LogP contribution in [-0.2, 0) is 20.7 Å². The van der Waals surface area contributed by atoms with Gasteiger partial charge in [-0.05, 0) is 63.4 Å². The Morgan fingerprint density at radius 2 is 1.70 bits per heavy atom. The van der Waals surface area contributed by atoms with Crippen LogP contribution in [0.4, 0.5) is 10.5 Å². The number of nitrogen functional groups attached to an aromatic ring is 1. The van der Waals surface area contributed by atoms with Crippen LogP contribution >= 0.6 is 0 Å². The Balaban J connectivity index is 1.79. The Hall–Kier alpha value is -3.10. The van der Waals surface area contributed by atoms with Gasteiger partial charge in [0, 0.05) is 17.8 Å². The van der Waals surface area contributed by atoms with Gasteiger partial charge in [-0.3, -0.25) is 4.79 Å². The van der Waals surface area contributed by atoms with Crippen LogP contribution in [-0.4, -0.2) is 36.7 Å². The van der Waals surface area contributed by atoms with Crippen molar-refractivity contribution in [2.75, 3.05) is 12.3 Å². The maximum atomic E-state index is 12.3. The van der Waals surface area contributed by atoms with E-state index in [-0.39, 0.29) is 18.9 Å². The van der Waals surface area contributed by atoms with Crippen molar-refractivity contribution in [1.82, 2.24) is 5.32 Å². The highest BCUT2D eigenvalue weighted by Gasteiger charge is 2.52. The smallest absolute Gasteiger partial charge is 0.445 e. The van der Waals surface area contributed by atoms with E-state index in [1.165, 1.54) is 6.92 Å². The largest absolute Gasteiger partial charge is 0.492 e. The average molecular weight is 450 g/mol. The predicted octanol–water partition coefficient (Wildman–Crippen LogP) is 4.41. The number of rotatable bonds is 7. The molecule has 3 rings (SSSR count). The Bertz CT molecular complexity index is 1030. The van der Waals surface area contributed by atoms with Crippen molar-refractivity contribution in [3.05, 3.63) is 70.7 Å². The van der Waals surface area contributed by atoms with Crippen LogP contribution in [0.2, 0.25) is 0 Å². The summed E-state index contributed by atoms with van der Waals surface area (Å²) in [6.45, 7) is 9.63. The van der Waals surface area contributed by atoms with Gasteiger partial charge in [0.15, 0.2) is 5.78 Å². The van der Waals surface area contributed by atoms with Crippen molar-refractivity contribution < 1.29 is 23.6 Å². The summed E-state index contributed by atoms with van der Waals surface area (Å²) >= 11 is 0. The second-order valence-corrected chi connectivity index (χ2v) is 9.13. The van der Waals surface area contributed by atoms with Crippen LogP contribution in [0.25, 0.3) is 6.08 Å². The zero-order valence-corrected chi connectivity index (χ0v) is 19.8. The minimum atomic E-state index is -0.678. The number of amides is 1. The summed E-state index contributed by atoms with van der Waals surface area (Å²) in [4.78, 5) is 24.2. The van der Waals surface area contributed by atoms with Crippen LogP contribution in [0.15, 0.2) is 54.0 Å². The van der Waals surface area contributed by atoms with Crippen molar-refractivity contribution >= 4 is 30.8 Å². The van der Waals surface area contributed by atoms with Crippen LogP contribution < -0.4 is 11.1 Å². The minimum Gasteiger partial charge on any atom is -0.445 e. The molecule has 0 spiro atoms. The first-order chi connectivity index (χ1) is 15.5. The molecule has 1 aliphatic rings. The van der Waals surface area contributed by atoms with E-state index >= 15 is 0 Å². The van der Waals surface area contributed by atoms with Crippen molar-refractivity contribution in [3.63, 3.8) is 0 Å². The normalized spacial score (nSPS) is 17.0. The highest BCUT2D eigenvalue weighted by atomic mass is 16.7. The van der Waals surface area contributed by atoms with Gasteiger partial charge >= 0.3 is 13.2 Å². The molecule has 8 heteroatoms. The number of ether oxygens (including phenoxy) is 1. The molecule has 0 radical (unpaired) electrons. The molecule has 1 saturated heterocycles. The third-order valence-corrected chi connectivity index (χ3v) is 6.01. The van der Waals surface area contributed by atoms with E-state index in [9.17, 15) is 9.59 Å². The second-order valence-electron chi connectivity index (χ2n) is 9.13. The van der Waals surface area contributed by atoms with E-state index in [0.29, 0.717) is 16.7 Å². The number of nitrogens with two attached hydrogens (primary N) is 1. The monoisotopic (exact) mass is 450 g/mol. The van der Waals surface area contributed by atoms with Gasteiger partial charge in [0.25, 0.3) is 0 Å². The fourth-order valence-corrected chi connectivity index (χ4v) is 3.33. The number of carbonyl (C=O) groups is 2. The number of anilines is 1. The van der Waals surface area contributed by atoms with Gasteiger partial charge < -0.3 is 25.1 Å². The minimum absolute atomic E-state index is 0.123. The Kier molecular flexibility index (Phi) is 7.30. The van der Waals surface area contributed by atoms with Crippen molar-refractivity contribution in [3.8, 4) is 0 Å². The van der Waals surface area contributed by atoms with E-state index in [1.54, 1.807) is 18.2 Å². The number of nitrogens with one attached hydrogen (secondary N) is 1. The summed E-state index contributed by atoms with van der Waals surface area (Å²) in [7, 11) is -0.678. The zero-order valence-electron chi connectivity index (χ0n) is 19.8. The molecule has 174 valence electrons. The Morgan fingerprint density at radius 3 is 2.30 bits per heavy atom. The second kappa shape index (κ2) is 9.81. The van der Waals surface area contributed by atoms with Crippen molar-refractivity contribution in [2.24, 2.45) is 0 Å². The molecule has 0 saturated carbocycles. The Morgan fingerprint density at radius 1 is 1.06 bits per heavy atom. The zero-order chi connectivity index (χ0) is 24.2. The quantitative estimate of drug-likeness (QED) is 0.368. The third-order valence-electron chi connectivity index (χ3n) is 6.01. The number of Topliss-reactive ketones (excluding diaryl/α,β-unsaturated/α-hetero) is 1. The number of hydrogen-bond donors (Lipinski definition) is 2. The summed E-state index contributed by atoms with van der Waals surface area (Å²) in [5, 5.41) is 2.77. The van der Waals surface area contributed by atoms with Gasteiger partial charge in [0.2, 0.25) is 0 Å². The lowest BCUT2D eigenvalue weighted by molar-refractivity contribution is 0.00578. The number of ketones is 1. The summed E-state index contributed by atoms with van der Waals surface area (Å²) in [5.41, 5.74) is 8.02. The number of carbonyl (C=O) groups excluding carboxylic acids is 2. The fraction of sp³-hybridized carbons (Fsp3) is 0.360. The van der Waals surface area contributed by atoms with Crippen molar-refractivity contribution in [1.29, 1.82) is 0 Å². The third kappa shape index (κ3) is 6.03. The van der Waals surface area contributed by atoms with Crippen LogP contribution in [0.3, 0.4) is 0 Å². The first-order valence-electron chi connectivity index (χ1n) is 10.9. The van der Waals surface area contributed by atoms with E-state index in [0.717, 1.165) is 11.1 Å². The van der Waals surface area contributed by atoms with Gasteiger partial charge in [-0.15, -0.1) is 0 Å². The maximum absolute atomic E-state index is 12.3. The number of alkyl carbamates (subject to hydrolysis) is 1. The fourth-order valence-electron chi connectivity index (χ4n) is 3.33. The molecule has 0 atom stereocenters.